The fourth-order valence-corrected chi connectivity index (χ4v) is 3.87. The van der Waals surface area contributed by atoms with Crippen LogP contribution in [0.3, 0.4) is 0 Å². The first-order chi connectivity index (χ1) is 12.7. The van der Waals surface area contributed by atoms with Crippen molar-refractivity contribution in [1.29, 1.82) is 0 Å². The van der Waals surface area contributed by atoms with Gasteiger partial charge in [-0.15, -0.1) is 3.89 Å². The summed E-state index contributed by atoms with van der Waals surface area (Å²) >= 11 is -0.349. The molecule has 0 heterocycles. The zero-order valence-corrected chi connectivity index (χ0v) is 16.6. The van der Waals surface area contributed by atoms with Gasteiger partial charge in [-0.3, -0.25) is 4.79 Å². The zero-order valence-electron chi connectivity index (χ0n) is 15.8. The van der Waals surface area contributed by atoms with Gasteiger partial charge < -0.3 is 8.92 Å². The molecule has 0 N–H and O–H groups in total. The van der Waals surface area contributed by atoms with Crippen LogP contribution in [0.25, 0.3) is 0 Å². The minimum atomic E-state index is -0.422. The van der Waals surface area contributed by atoms with Crippen molar-refractivity contribution in [2.24, 2.45) is 5.92 Å². The molecule has 0 bridgehead atoms. The summed E-state index contributed by atoms with van der Waals surface area (Å²) in [5, 5.41) is 0. The van der Waals surface area contributed by atoms with Gasteiger partial charge in [0.2, 0.25) is 0 Å². The van der Waals surface area contributed by atoms with Gasteiger partial charge in [-0.2, -0.15) is 0 Å². The fraction of sp³-hybridized carbons (Fsp3) is 0.667. The lowest BCUT2D eigenvalue weighted by Crippen LogP contribution is -2.21. The molecule has 1 saturated carbocycles. The molecule has 1 aromatic rings. The summed E-state index contributed by atoms with van der Waals surface area (Å²) in [4.78, 5) is 11.6. The van der Waals surface area contributed by atoms with Crippen LogP contribution in [0, 0.1) is 5.92 Å². The Morgan fingerprint density at radius 2 is 1.69 bits per heavy atom. The van der Waals surface area contributed by atoms with Gasteiger partial charge in [0, 0.05) is 0 Å². The summed E-state index contributed by atoms with van der Waals surface area (Å²) in [6, 6.07) is 8.37. The highest BCUT2D eigenvalue weighted by Gasteiger charge is 2.28. The second-order valence-corrected chi connectivity index (χ2v) is 7.49. The van der Waals surface area contributed by atoms with Crippen LogP contribution >= 0.6 is 12.4 Å². The van der Waals surface area contributed by atoms with E-state index in [4.69, 9.17) is 4.74 Å². The van der Waals surface area contributed by atoms with Crippen molar-refractivity contribution in [2.45, 2.75) is 77.0 Å². The van der Waals surface area contributed by atoms with E-state index >= 15 is 0 Å². The largest absolute Gasteiger partial charge is 0.494 e. The van der Waals surface area contributed by atoms with Crippen LogP contribution in [0.2, 0.25) is 0 Å². The van der Waals surface area contributed by atoms with Gasteiger partial charge in [-0.25, -0.2) is 0 Å². The molecule has 146 valence electrons. The highest BCUT2D eigenvalue weighted by Crippen LogP contribution is 2.37. The van der Waals surface area contributed by atoms with Crippen molar-refractivity contribution in [1.82, 2.24) is 0 Å². The molecule has 0 radical (unpaired) electrons. The predicted octanol–water partition coefficient (Wildman–Crippen LogP) is 6.78. The molecule has 0 amide bonds. The second-order valence-electron chi connectivity index (χ2n) is 7.20. The number of unbranched alkanes of at least 4 members (excludes halogenated alkanes) is 5. The Labute approximate surface area is 161 Å². The van der Waals surface area contributed by atoms with E-state index < -0.39 is 5.97 Å². The minimum Gasteiger partial charge on any atom is -0.494 e. The first-order valence-corrected chi connectivity index (χ1v) is 10.6. The normalized spacial score (nSPS) is 19.9. The fourth-order valence-electron chi connectivity index (χ4n) is 3.67. The van der Waals surface area contributed by atoms with Crippen molar-refractivity contribution in [3.05, 3.63) is 29.8 Å². The molecule has 5 heteroatoms. The molecule has 0 aromatic heterocycles. The maximum Gasteiger partial charge on any atom is 0.323 e. The summed E-state index contributed by atoms with van der Waals surface area (Å²) in [6.45, 7) is 3.02. The monoisotopic (exact) mass is 382 g/mol. The Kier molecular flexibility index (Phi) is 9.90. The molecule has 1 fully saturated rings. The van der Waals surface area contributed by atoms with Crippen molar-refractivity contribution in [2.75, 3.05) is 6.61 Å². The molecular formula is C21H31FO3S. The third-order valence-corrected chi connectivity index (χ3v) is 5.52. The minimum absolute atomic E-state index is 0.158. The van der Waals surface area contributed by atoms with E-state index in [2.05, 4.69) is 23.2 Å². The molecule has 0 saturated heterocycles. The van der Waals surface area contributed by atoms with Gasteiger partial charge in [0.1, 0.15) is 5.75 Å². The van der Waals surface area contributed by atoms with Crippen molar-refractivity contribution in [3.8, 4) is 5.75 Å². The highest BCUT2D eigenvalue weighted by atomic mass is 32.2. The summed E-state index contributed by atoms with van der Waals surface area (Å²) in [7, 11) is 0. The third kappa shape index (κ3) is 7.18. The van der Waals surface area contributed by atoms with E-state index in [1.807, 2.05) is 12.1 Å². The van der Waals surface area contributed by atoms with Crippen LogP contribution in [0.1, 0.15) is 82.6 Å². The molecule has 1 aliphatic rings. The number of ether oxygens (including phenoxy) is 1. The van der Waals surface area contributed by atoms with E-state index in [0.29, 0.717) is 5.92 Å². The Hall–Kier alpha value is -1.23. The summed E-state index contributed by atoms with van der Waals surface area (Å²) in [6.07, 6.45) is 11.0. The number of benzene rings is 1. The van der Waals surface area contributed by atoms with Gasteiger partial charge in [0.15, 0.2) is 0 Å². The van der Waals surface area contributed by atoms with Crippen LogP contribution < -0.4 is 4.74 Å². The van der Waals surface area contributed by atoms with Crippen molar-refractivity contribution >= 4 is 18.4 Å². The highest BCUT2D eigenvalue weighted by molar-refractivity contribution is 7.89. The first kappa shape index (κ1) is 21.1. The molecular weight excluding hydrogens is 351 g/mol. The molecule has 0 atom stereocenters. The lowest BCUT2D eigenvalue weighted by Gasteiger charge is -2.27. The lowest BCUT2D eigenvalue weighted by atomic mass is 9.79. The molecule has 0 unspecified atom stereocenters. The standard InChI is InChI=1S/C21H31FO3S/c1-2-3-4-5-6-7-16-24-20-14-12-18(13-15-20)17-8-10-19(11-9-17)21(23)25-26-22/h12-15,17,19H,2-11,16H2,1H3. The SMILES string of the molecule is CCCCCCCCOc1ccc(C2CCC(C(=O)OSF)CC2)cc1. The van der Waals surface area contributed by atoms with Gasteiger partial charge in [0.05, 0.1) is 12.5 Å². The number of hydrogen-bond acceptors (Lipinski definition) is 4. The third-order valence-electron chi connectivity index (χ3n) is 5.29. The van der Waals surface area contributed by atoms with E-state index in [-0.39, 0.29) is 18.3 Å². The Morgan fingerprint density at radius 3 is 2.35 bits per heavy atom. The Morgan fingerprint density at radius 1 is 1.04 bits per heavy atom. The smallest absolute Gasteiger partial charge is 0.323 e. The topological polar surface area (TPSA) is 35.5 Å². The van der Waals surface area contributed by atoms with Gasteiger partial charge in [0.25, 0.3) is 12.4 Å². The van der Waals surface area contributed by atoms with Crippen LogP contribution in [0.4, 0.5) is 3.89 Å². The molecule has 1 aliphatic carbocycles. The lowest BCUT2D eigenvalue weighted by molar-refractivity contribution is -0.138. The molecule has 0 aliphatic heterocycles. The number of carbonyl (C=O) groups excluding carboxylic acids is 1. The predicted molar refractivity (Wildman–Crippen MR) is 105 cm³/mol. The average molecular weight is 383 g/mol. The number of rotatable bonds is 11. The van der Waals surface area contributed by atoms with Gasteiger partial charge >= 0.3 is 5.97 Å². The van der Waals surface area contributed by atoms with Crippen LogP contribution in [0.15, 0.2) is 24.3 Å². The summed E-state index contributed by atoms with van der Waals surface area (Å²) < 4.78 is 22.3. The zero-order chi connectivity index (χ0) is 18.6. The summed E-state index contributed by atoms with van der Waals surface area (Å²) in [5.74, 6) is 0.813. The Bertz CT molecular complexity index is 512. The Balaban J connectivity index is 1.67. The van der Waals surface area contributed by atoms with E-state index in [0.717, 1.165) is 44.5 Å². The summed E-state index contributed by atoms with van der Waals surface area (Å²) in [5.41, 5.74) is 1.29. The quantitative estimate of drug-likeness (QED) is 0.312. The van der Waals surface area contributed by atoms with Gasteiger partial charge in [-0.1, -0.05) is 51.2 Å². The molecule has 1 aromatic carbocycles. The van der Waals surface area contributed by atoms with Crippen molar-refractivity contribution < 1.29 is 17.6 Å². The second kappa shape index (κ2) is 12.2. The number of hydrogen-bond donors (Lipinski definition) is 0. The average Bonchev–Trinajstić information content (AvgIpc) is 2.68. The van der Waals surface area contributed by atoms with E-state index in [1.54, 1.807) is 0 Å². The molecule has 26 heavy (non-hydrogen) atoms. The number of carbonyl (C=O) groups is 1. The van der Waals surface area contributed by atoms with Crippen LogP contribution in [-0.2, 0) is 8.98 Å². The molecule has 2 rings (SSSR count). The van der Waals surface area contributed by atoms with Crippen molar-refractivity contribution in [3.63, 3.8) is 0 Å². The first-order valence-electron chi connectivity index (χ1n) is 9.96. The van der Waals surface area contributed by atoms with E-state index in [1.165, 1.54) is 37.7 Å². The van der Waals surface area contributed by atoms with Gasteiger partial charge in [-0.05, 0) is 55.7 Å². The van der Waals surface area contributed by atoms with E-state index in [9.17, 15) is 8.68 Å². The maximum atomic E-state index is 12.0. The van der Waals surface area contributed by atoms with Crippen LogP contribution in [-0.4, -0.2) is 12.6 Å². The number of halogens is 1. The maximum absolute atomic E-state index is 12.0. The molecule has 3 nitrogen and oxygen atoms in total. The van der Waals surface area contributed by atoms with Crippen LogP contribution in [0.5, 0.6) is 5.75 Å². The molecule has 0 spiro atoms.